The third kappa shape index (κ3) is 2.48. The van der Waals surface area contributed by atoms with Crippen LogP contribution in [0.25, 0.3) is 0 Å². The smallest absolute Gasteiger partial charge is 0.245 e. The topological polar surface area (TPSA) is 83.6 Å². The van der Waals surface area contributed by atoms with Crippen molar-refractivity contribution in [2.75, 3.05) is 18.9 Å². The lowest BCUT2D eigenvalue weighted by Gasteiger charge is -2.23. The summed E-state index contributed by atoms with van der Waals surface area (Å²) in [7, 11) is -3.62. The summed E-state index contributed by atoms with van der Waals surface area (Å²) in [5.74, 6) is 0. The van der Waals surface area contributed by atoms with Gasteiger partial charge >= 0.3 is 0 Å². The number of anilines is 1. The number of rotatable bonds is 3. The fourth-order valence-electron chi connectivity index (χ4n) is 2.47. The van der Waals surface area contributed by atoms with E-state index in [1.54, 1.807) is 12.1 Å². The van der Waals surface area contributed by atoms with Crippen molar-refractivity contribution in [3.8, 4) is 0 Å². The monoisotopic (exact) mass is 284 g/mol. The van der Waals surface area contributed by atoms with E-state index in [0.717, 1.165) is 17.5 Å². The summed E-state index contributed by atoms with van der Waals surface area (Å²) in [6.07, 6.45) is 1.47. The predicted molar refractivity (Wildman–Crippen MR) is 74.3 cm³/mol. The molecule has 0 unspecified atom stereocenters. The summed E-state index contributed by atoms with van der Waals surface area (Å²) in [5.41, 5.74) is 8.00. The molecule has 1 fully saturated rings. The number of aliphatic hydroxyl groups excluding tert-OH is 1. The summed E-state index contributed by atoms with van der Waals surface area (Å²) < 4.78 is 26.6. The second-order valence-corrected chi connectivity index (χ2v) is 6.93. The number of sulfonamides is 1. The first kappa shape index (κ1) is 14.3. The average Bonchev–Trinajstić information content (AvgIpc) is 2.82. The van der Waals surface area contributed by atoms with Crippen molar-refractivity contribution in [2.24, 2.45) is 0 Å². The Balaban J connectivity index is 2.48. The van der Waals surface area contributed by atoms with Crippen LogP contribution < -0.4 is 5.73 Å². The first-order valence-electron chi connectivity index (χ1n) is 6.37. The van der Waals surface area contributed by atoms with Crippen LogP contribution in [0.4, 0.5) is 5.69 Å². The van der Waals surface area contributed by atoms with Crippen LogP contribution in [0, 0.1) is 13.8 Å². The van der Waals surface area contributed by atoms with Crippen molar-refractivity contribution in [3.05, 3.63) is 23.3 Å². The Bertz CT molecular complexity index is 584. The number of aryl methyl sites for hydroxylation is 2. The zero-order valence-electron chi connectivity index (χ0n) is 11.3. The van der Waals surface area contributed by atoms with Crippen molar-refractivity contribution in [3.63, 3.8) is 0 Å². The Labute approximate surface area is 114 Å². The quantitative estimate of drug-likeness (QED) is 0.812. The molecule has 1 aliphatic rings. The van der Waals surface area contributed by atoms with E-state index in [1.165, 1.54) is 4.31 Å². The minimum absolute atomic E-state index is 0.149. The number of hydrogen-bond acceptors (Lipinski definition) is 4. The predicted octanol–water partition coefficient (Wildman–Crippen LogP) is 1.03. The van der Waals surface area contributed by atoms with E-state index in [1.807, 2.05) is 13.8 Å². The maximum Gasteiger partial charge on any atom is 0.245 e. The van der Waals surface area contributed by atoms with Crippen LogP contribution in [0.15, 0.2) is 17.0 Å². The van der Waals surface area contributed by atoms with Crippen LogP contribution >= 0.6 is 0 Å². The molecule has 106 valence electrons. The number of nitrogens with zero attached hydrogens (tertiary/aromatic N) is 1. The summed E-state index contributed by atoms with van der Waals surface area (Å²) in [6.45, 7) is 4.06. The third-order valence-electron chi connectivity index (χ3n) is 3.75. The van der Waals surface area contributed by atoms with E-state index in [9.17, 15) is 13.5 Å². The van der Waals surface area contributed by atoms with E-state index in [-0.39, 0.29) is 23.2 Å². The molecular weight excluding hydrogens is 264 g/mol. The highest BCUT2D eigenvalue weighted by Crippen LogP contribution is 2.30. The molecule has 1 aromatic carbocycles. The van der Waals surface area contributed by atoms with Gasteiger partial charge in [-0.25, -0.2) is 8.42 Å². The van der Waals surface area contributed by atoms with Crippen LogP contribution in [-0.2, 0) is 10.0 Å². The Kier molecular flexibility index (Phi) is 3.85. The van der Waals surface area contributed by atoms with Gasteiger partial charge in [0.1, 0.15) is 4.90 Å². The van der Waals surface area contributed by atoms with Gasteiger partial charge in [-0.3, -0.25) is 0 Å². The lowest BCUT2D eigenvalue weighted by molar-refractivity contribution is 0.213. The molecular formula is C13H20N2O3S. The Morgan fingerprint density at radius 1 is 1.37 bits per heavy atom. The minimum Gasteiger partial charge on any atom is -0.398 e. The summed E-state index contributed by atoms with van der Waals surface area (Å²) in [5, 5.41) is 9.28. The fourth-order valence-corrected chi connectivity index (χ4v) is 4.34. The van der Waals surface area contributed by atoms with Gasteiger partial charge in [-0.05, 0) is 49.9 Å². The normalized spacial score (nSPS) is 20.9. The molecule has 1 aliphatic heterocycles. The van der Waals surface area contributed by atoms with E-state index in [4.69, 9.17) is 5.73 Å². The molecule has 3 N–H and O–H groups in total. The second-order valence-electron chi connectivity index (χ2n) is 5.07. The molecule has 0 saturated carbocycles. The summed E-state index contributed by atoms with van der Waals surface area (Å²) in [4.78, 5) is 0.149. The highest BCUT2D eigenvalue weighted by Gasteiger charge is 2.35. The first-order valence-corrected chi connectivity index (χ1v) is 7.81. The molecule has 2 rings (SSSR count). The van der Waals surface area contributed by atoms with Gasteiger partial charge in [0.15, 0.2) is 0 Å². The Hall–Kier alpha value is -1.11. The van der Waals surface area contributed by atoms with E-state index >= 15 is 0 Å². The van der Waals surface area contributed by atoms with Gasteiger partial charge in [-0.15, -0.1) is 0 Å². The van der Waals surface area contributed by atoms with Gasteiger partial charge in [0, 0.05) is 12.6 Å². The molecule has 19 heavy (non-hydrogen) atoms. The Morgan fingerprint density at radius 3 is 2.63 bits per heavy atom. The number of benzene rings is 1. The van der Waals surface area contributed by atoms with Crippen LogP contribution in [-0.4, -0.2) is 37.0 Å². The van der Waals surface area contributed by atoms with E-state index < -0.39 is 10.0 Å². The molecule has 0 aliphatic carbocycles. The largest absolute Gasteiger partial charge is 0.398 e. The van der Waals surface area contributed by atoms with Gasteiger partial charge in [0.05, 0.1) is 12.3 Å². The molecule has 6 heteroatoms. The van der Waals surface area contributed by atoms with Gasteiger partial charge in [-0.1, -0.05) is 0 Å². The van der Waals surface area contributed by atoms with Crippen LogP contribution in [0.1, 0.15) is 24.0 Å². The van der Waals surface area contributed by atoms with Gasteiger partial charge in [0.2, 0.25) is 10.0 Å². The zero-order chi connectivity index (χ0) is 14.2. The maximum atomic E-state index is 12.6. The van der Waals surface area contributed by atoms with Gasteiger partial charge in [0.25, 0.3) is 0 Å². The standard InChI is InChI=1S/C13H20N2O3S/c1-9-6-12(14)13(7-10(9)2)19(17,18)15-5-3-4-11(15)8-16/h6-7,11,16H,3-5,8,14H2,1-2H3/t11-/m1/s1. The van der Waals surface area contributed by atoms with Crippen molar-refractivity contribution >= 4 is 15.7 Å². The van der Waals surface area contributed by atoms with E-state index in [2.05, 4.69) is 0 Å². The molecule has 0 radical (unpaired) electrons. The van der Waals surface area contributed by atoms with Crippen molar-refractivity contribution in [1.82, 2.24) is 4.31 Å². The zero-order valence-corrected chi connectivity index (χ0v) is 12.1. The molecule has 1 heterocycles. The molecule has 0 aromatic heterocycles. The molecule has 0 spiro atoms. The van der Waals surface area contributed by atoms with Gasteiger partial charge in [-0.2, -0.15) is 4.31 Å². The van der Waals surface area contributed by atoms with Crippen molar-refractivity contribution in [1.29, 1.82) is 0 Å². The molecule has 5 nitrogen and oxygen atoms in total. The molecule has 1 saturated heterocycles. The first-order chi connectivity index (χ1) is 8.87. The fraction of sp³-hybridized carbons (Fsp3) is 0.538. The van der Waals surface area contributed by atoms with Crippen molar-refractivity contribution < 1.29 is 13.5 Å². The lowest BCUT2D eigenvalue weighted by Crippen LogP contribution is -2.37. The Morgan fingerprint density at radius 2 is 2.00 bits per heavy atom. The van der Waals surface area contributed by atoms with Crippen molar-refractivity contribution in [2.45, 2.75) is 37.6 Å². The number of nitrogens with two attached hydrogens (primary N) is 1. The van der Waals surface area contributed by atoms with Crippen LogP contribution in [0.5, 0.6) is 0 Å². The number of aliphatic hydroxyl groups is 1. The third-order valence-corrected chi connectivity index (χ3v) is 5.75. The van der Waals surface area contributed by atoms with Crippen LogP contribution in [0.2, 0.25) is 0 Å². The van der Waals surface area contributed by atoms with Crippen LogP contribution in [0.3, 0.4) is 0 Å². The minimum atomic E-state index is -3.62. The van der Waals surface area contributed by atoms with Gasteiger partial charge < -0.3 is 10.8 Å². The molecule has 0 amide bonds. The number of nitrogen functional groups attached to an aromatic ring is 1. The SMILES string of the molecule is Cc1cc(N)c(S(=O)(=O)N2CCC[C@@H]2CO)cc1C. The molecule has 0 bridgehead atoms. The summed E-state index contributed by atoms with van der Waals surface area (Å²) >= 11 is 0. The summed E-state index contributed by atoms with van der Waals surface area (Å²) in [6, 6.07) is 2.98. The number of hydrogen-bond donors (Lipinski definition) is 2. The molecule has 1 aromatic rings. The van der Waals surface area contributed by atoms with E-state index in [0.29, 0.717) is 13.0 Å². The lowest BCUT2D eigenvalue weighted by atomic mass is 10.1. The average molecular weight is 284 g/mol. The highest BCUT2D eigenvalue weighted by atomic mass is 32.2. The highest BCUT2D eigenvalue weighted by molar-refractivity contribution is 7.89. The molecule has 1 atom stereocenters. The second kappa shape index (κ2) is 5.11. The maximum absolute atomic E-state index is 12.6.